The average molecular weight is 441 g/mol. The van der Waals surface area contributed by atoms with Crippen molar-refractivity contribution in [3.63, 3.8) is 0 Å². The number of carbonyl (C=O) groups is 1. The predicted molar refractivity (Wildman–Crippen MR) is 122 cm³/mol. The minimum atomic E-state index is -3.56. The van der Waals surface area contributed by atoms with Gasteiger partial charge in [0.2, 0.25) is 15.9 Å². The fourth-order valence-electron chi connectivity index (χ4n) is 4.78. The van der Waals surface area contributed by atoms with Crippen LogP contribution in [0.2, 0.25) is 0 Å². The molecule has 5 nitrogen and oxygen atoms in total. The summed E-state index contributed by atoms with van der Waals surface area (Å²) in [6.45, 7) is 4.27. The van der Waals surface area contributed by atoms with E-state index < -0.39 is 10.0 Å². The van der Waals surface area contributed by atoms with Crippen LogP contribution >= 0.6 is 0 Å². The summed E-state index contributed by atoms with van der Waals surface area (Å²) >= 11 is 0. The Morgan fingerprint density at radius 2 is 1.61 bits per heavy atom. The van der Waals surface area contributed by atoms with E-state index in [-0.39, 0.29) is 11.8 Å². The van der Waals surface area contributed by atoms with Crippen molar-refractivity contribution >= 4 is 15.9 Å². The van der Waals surface area contributed by atoms with E-state index in [1.165, 1.54) is 9.87 Å². The van der Waals surface area contributed by atoms with Crippen molar-refractivity contribution in [2.24, 2.45) is 11.8 Å². The van der Waals surface area contributed by atoms with Gasteiger partial charge in [0.05, 0.1) is 10.8 Å². The molecular weight excluding hydrogens is 408 g/mol. The predicted octanol–water partition coefficient (Wildman–Crippen LogP) is 3.88. The summed E-state index contributed by atoms with van der Waals surface area (Å²) in [5.41, 5.74) is 2.39. The molecule has 31 heavy (non-hydrogen) atoms. The molecule has 0 radical (unpaired) electrons. The molecule has 0 aromatic heterocycles. The molecule has 0 bridgehead atoms. The summed E-state index contributed by atoms with van der Waals surface area (Å²) in [5.74, 6) is 0.498. The van der Waals surface area contributed by atoms with Gasteiger partial charge in [-0.1, -0.05) is 48.0 Å². The van der Waals surface area contributed by atoms with Gasteiger partial charge in [0.25, 0.3) is 0 Å². The van der Waals surface area contributed by atoms with Gasteiger partial charge >= 0.3 is 0 Å². The van der Waals surface area contributed by atoms with Crippen molar-refractivity contribution in [3.05, 3.63) is 65.7 Å². The Hall–Kier alpha value is -2.18. The first kappa shape index (κ1) is 22.0. The Kier molecular flexibility index (Phi) is 6.77. The molecule has 2 aromatic carbocycles. The molecule has 4 rings (SSSR count). The number of nitrogens with zero attached hydrogens (tertiary/aromatic N) is 2. The molecule has 2 saturated heterocycles. The molecule has 0 aliphatic carbocycles. The summed E-state index contributed by atoms with van der Waals surface area (Å²) in [4.78, 5) is 15.5. The normalized spacial score (nSPS) is 21.2. The van der Waals surface area contributed by atoms with Crippen molar-refractivity contribution in [2.75, 3.05) is 26.2 Å². The SMILES string of the molecule is Cc1ccc(S(=O)(=O)N2CCCC(C(=O)N3CCC(Cc4ccccc4)CC3)C2)cc1. The monoisotopic (exact) mass is 440 g/mol. The van der Waals surface area contributed by atoms with Crippen molar-refractivity contribution in [1.82, 2.24) is 9.21 Å². The lowest BCUT2D eigenvalue weighted by atomic mass is 9.89. The minimum absolute atomic E-state index is 0.127. The first-order valence-electron chi connectivity index (χ1n) is 11.3. The second-order valence-electron chi connectivity index (χ2n) is 8.97. The van der Waals surface area contributed by atoms with Crippen molar-refractivity contribution < 1.29 is 13.2 Å². The molecule has 2 heterocycles. The summed E-state index contributed by atoms with van der Waals surface area (Å²) in [6, 6.07) is 17.5. The molecule has 0 spiro atoms. The number of likely N-dealkylation sites (tertiary alicyclic amines) is 1. The molecule has 6 heteroatoms. The van der Waals surface area contributed by atoms with E-state index >= 15 is 0 Å². The van der Waals surface area contributed by atoms with Gasteiger partial charge in [-0.15, -0.1) is 0 Å². The molecular formula is C25H32N2O3S. The van der Waals surface area contributed by atoms with E-state index in [0.717, 1.165) is 50.8 Å². The summed E-state index contributed by atoms with van der Waals surface area (Å²) < 4.78 is 27.6. The maximum absolute atomic E-state index is 13.2. The molecule has 0 N–H and O–H groups in total. The van der Waals surface area contributed by atoms with Crippen molar-refractivity contribution in [1.29, 1.82) is 0 Å². The summed E-state index contributed by atoms with van der Waals surface area (Å²) in [7, 11) is -3.56. The largest absolute Gasteiger partial charge is 0.342 e. The molecule has 2 aliphatic rings. The summed E-state index contributed by atoms with van der Waals surface area (Å²) in [6.07, 6.45) is 4.58. The standard InChI is InChI=1S/C25H32N2O3S/c1-20-9-11-24(12-10-20)31(29,30)27-15-5-8-23(19-27)25(28)26-16-13-22(14-17-26)18-21-6-3-2-4-7-21/h2-4,6-7,9-12,22-23H,5,8,13-19H2,1H3. The van der Waals surface area contributed by atoms with Gasteiger partial charge in [-0.25, -0.2) is 8.42 Å². The Labute approximate surface area is 186 Å². The van der Waals surface area contributed by atoms with Gasteiger partial charge in [0.15, 0.2) is 0 Å². The molecule has 2 aliphatic heterocycles. The van der Waals surface area contributed by atoms with E-state index in [2.05, 4.69) is 24.3 Å². The van der Waals surface area contributed by atoms with Crippen LogP contribution < -0.4 is 0 Å². The second kappa shape index (κ2) is 9.53. The van der Waals surface area contributed by atoms with Crippen molar-refractivity contribution in [2.45, 2.75) is 43.9 Å². The number of piperidine rings is 2. The number of rotatable bonds is 5. The van der Waals surface area contributed by atoms with Gasteiger partial charge in [-0.2, -0.15) is 4.31 Å². The highest BCUT2D eigenvalue weighted by atomic mass is 32.2. The van der Waals surface area contributed by atoms with E-state index in [1.54, 1.807) is 12.1 Å². The summed E-state index contributed by atoms with van der Waals surface area (Å²) in [5, 5.41) is 0. The Balaban J connectivity index is 1.34. The third kappa shape index (κ3) is 5.18. The number of hydrogen-bond acceptors (Lipinski definition) is 3. The highest BCUT2D eigenvalue weighted by Crippen LogP contribution is 2.28. The first-order valence-corrected chi connectivity index (χ1v) is 12.8. The van der Waals surface area contributed by atoms with Crippen LogP contribution in [0.25, 0.3) is 0 Å². The average Bonchev–Trinajstić information content (AvgIpc) is 2.80. The van der Waals surface area contributed by atoms with Crippen LogP contribution in [0, 0.1) is 18.8 Å². The molecule has 0 saturated carbocycles. The fraction of sp³-hybridized carbons (Fsp3) is 0.480. The number of hydrogen-bond donors (Lipinski definition) is 0. The minimum Gasteiger partial charge on any atom is -0.342 e. The fourth-order valence-corrected chi connectivity index (χ4v) is 6.31. The highest BCUT2D eigenvalue weighted by Gasteiger charge is 2.36. The maximum atomic E-state index is 13.2. The number of carbonyl (C=O) groups excluding carboxylic acids is 1. The van der Waals surface area contributed by atoms with Gasteiger partial charge in [0.1, 0.15) is 0 Å². The van der Waals surface area contributed by atoms with Crippen LogP contribution in [0.3, 0.4) is 0 Å². The van der Waals surface area contributed by atoms with Gasteiger partial charge in [0, 0.05) is 26.2 Å². The van der Waals surface area contributed by atoms with Crippen LogP contribution in [0.15, 0.2) is 59.5 Å². The molecule has 2 fully saturated rings. The zero-order chi connectivity index (χ0) is 21.8. The van der Waals surface area contributed by atoms with E-state index in [1.807, 2.05) is 30.0 Å². The zero-order valence-electron chi connectivity index (χ0n) is 18.2. The molecule has 166 valence electrons. The first-order chi connectivity index (χ1) is 14.9. The Morgan fingerprint density at radius 1 is 0.935 bits per heavy atom. The highest BCUT2D eigenvalue weighted by molar-refractivity contribution is 7.89. The third-order valence-electron chi connectivity index (χ3n) is 6.69. The van der Waals surface area contributed by atoms with Crippen molar-refractivity contribution in [3.8, 4) is 0 Å². The maximum Gasteiger partial charge on any atom is 0.243 e. The van der Waals surface area contributed by atoms with Gasteiger partial charge < -0.3 is 4.90 Å². The third-order valence-corrected chi connectivity index (χ3v) is 8.56. The van der Waals surface area contributed by atoms with Crippen LogP contribution in [0.4, 0.5) is 0 Å². The molecule has 2 aromatic rings. The van der Waals surface area contributed by atoms with Gasteiger partial charge in [-0.3, -0.25) is 4.79 Å². The zero-order valence-corrected chi connectivity index (χ0v) is 19.1. The molecule has 1 amide bonds. The lowest BCUT2D eigenvalue weighted by Crippen LogP contribution is -2.48. The van der Waals surface area contributed by atoms with Crippen LogP contribution in [0.5, 0.6) is 0 Å². The number of aryl methyl sites for hydroxylation is 1. The lowest BCUT2D eigenvalue weighted by Gasteiger charge is -2.37. The van der Waals surface area contributed by atoms with Crippen LogP contribution in [0.1, 0.15) is 36.8 Å². The Bertz CT molecular complexity index is 981. The number of sulfonamides is 1. The van der Waals surface area contributed by atoms with Crippen LogP contribution in [-0.2, 0) is 21.2 Å². The quantitative estimate of drug-likeness (QED) is 0.709. The van der Waals surface area contributed by atoms with E-state index in [9.17, 15) is 13.2 Å². The number of benzene rings is 2. The van der Waals surface area contributed by atoms with Crippen LogP contribution in [-0.4, -0.2) is 49.7 Å². The lowest BCUT2D eigenvalue weighted by molar-refractivity contribution is -0.138. The number of amides is 1. The van der Waals surface area contributed by atoms with Gasteiger partial charge in [-0.05, 0) is 62.6 Å². The van der Waals surface area contributed by atoms with E-state index in [0.29, 0.717) is 23.9 Å². The smallest absolute Gasteiger partial charge is 0.243 e. The molecule has 1 atom stereocenters. The Morgan fingerprint density at radius 3 is 2.29 bits per heavy atom. The van der Waals surface area contributed by atoms with E-state index in [4.69, 9.17) is 0 Å². The second-order valence-corrected chi connectivity index (χ2v) is 10.9. The molecule has 1 unspecified atom stereocenters. The topological polar surface area (TPSA) is 57.7 Å².